The average molecular weight is 877 g/mol. The molecule has 0 radical (unpaired) electrons. The van der Waals surface area contributed by atoms with Crippen molar-refractivity contribution in [2.45, 2.75) is 323 Å². The molecule has 6 nitrogen and oxygen atoms in total. The third-order valence-corrected chi connectivity index (χ3v) is 12.8. The van der Waals surface area contributed by atoms with E-state index >= 15 is 0 Å². The molecule has 0 N–H and O–H groups in total. The number of carbonyl (C=O) groups is 3. The summed E-state index contributed by atoms with van der Waals surface area (Å²) in [5.74, 6) is 0.0191. The number of rotatable bonds is 51. The van der Waals surface area contributed by atoms with Gasteiger partial charge in [0.25, 0.3) is 0 Å². The molecule has 0 rings (SSSR count). The second kappa shape index (κ2) is 50.4. The summed E-state index contributed by atoms with van der Waals surface area (Å²) < 4.78 is 16.8. The van der Waals surface area contributed by atoms with Crippen molar-refractivity contribution in [3.63, 3.8) is 0 Å². The first-order valence-corrected chi connectivity index (χ1v) is 27.9. The molecule has 0 amide bonds. The van der Waals surface area contributed by atoms with E-state index in [0.29, 0.717) is 19.3 Å². The molecular formula is C56H108O6. The lowest BCUT2D eigenvalue weighted by Gasteiger charge is -2.18. The van der Waals surface area contributed by atoms with Crippen molar-refractivity contribution < 1.29 is 28.6 Å². The SMILES string of the molecule is CCCCCCCCCCCCCCC(=O)OC[C@@H](COC(=O)CCCCCCCCCCCCCCCCCCCCC(C)C)OC(=O)CCCCCCCCCCCCC. The van der Waals surface area contributed by atoms with E-state index in [1.807, 2.05) is 0 Å². The van der Waals surface area contributed by atoms with E-state index < -0.39 is 6.10 Å². The van der Waals surface area contributed by atoms with Crippen molar-refractivity contribution >= 4 is 17.9 Å². The van der Waals surface area contributed by atoms with Gasteiger partial charge < -0.3 is 14.2 Å². The van der Waals surface area contributed by atoms with Crippen LogP contribution in [-0.4, -0.2) is 37.2 Å². The van der Waals surface area contributed by atoms with Gasteiger partial charge in [0.1, 0.15) is 13.2 Å². The number of carbonyl (C=O) groups excluding carboxylic acids is 3. The Balaban J connectivity index is 4.19. The fraction of sp³-hybridized carbons (Fsp3) is 0.946. The Kier molecular flexibility index (Phi) is 49.1. The number of ether oxygens (including phenoxy) is 3. The first-order chi connectivity index (χ1) is 30.4. The molecule has 0 bridgehead atoms. The lowest BCUT2D eigenvalue weighted by Crippen LogP contribution is -2.30. The van der Waals surface area contributed by atoms with Gasteiger partial charge in [-0.05, 0) is 25.2 Å². The van der Waals surface area contributed by atoms with Crippen LogP contribution in [0.3, 0.4) is 0 Å². The third kappa shape index (κ3) is 49.4. The van der Waals surface area contributed by atoms with Crippen LogP contribution in [0.5, 0.6) is 0 Å². The number of esters is 3. The standard InChI is InChI=1S/C56H108O6/c1-5-7-9-11-13-15-17-28-31-35-39-43-47-54(57)60-50-53(62-56(59)49-45-41-37-33-26-16-14-12-10-8-6-2)51-61-55(58)48-44-40-36-32-29-25-23-21-19-18-20-22-24-27-30-34-38-42-46-52(3)4/h52-53H,5-51H2,1-4H3/t53-/m0/s1. The largest absolute Gasteiger partial charge is 0.462 e. The van der Waals surface area contributed by atoms with Crippen LogP contribution in [-0.2, 0) is 28.6 Å². The van der Waals surface area contributed by atoms with Crippen LogP contribution >= 0.6 is 0 Å². The predicted molar refractivity (Wildman–Crippen MR) is 266 cm³/mol. The zero-order valence-electron chi connectivity index (χ0n) is 42.3. The highest BCUT2D eigenvalue weighted by Gasteiger charge is 2.19. The zero-order valence-corrected chi connectivity index (χ0v) is 42.3. The molecule has 0 heterocycles. The molecule has 0 saturated carbocycles. The molecule has 0 aliphatic rings. The molecule has 0 aliphatic heterocycles. The molecule has 6 heteroatoms. The van der Waals surface area contributed by atoms with E-state index in [1.165, 1.54) is 212 Å². The average Bonchev–Trinajstić information content (AvgIpc) is 3.26. The summed E-state index contributed by atoms with van der Waals surface area (Å²) in [6, 6.07) is 0. The topological polar surface area (TPSA) is 78.9 Å². The van der Waals surface area contributed by atoms with Crippen LogP contribution in [0.25, 0.3) is 0 Å². The Hall–Kier alpha value is -1.59. The second-order valence-corrected chi connectivity index (χ2v) is 19.7. The second-order valence-electron chi connectivity index (χ2n) is 19.7. The highest BCUT2D eigenvalue weighted by molar-refractivity contribution is 5.71. The Morgan fingerprint density at radius 3 is 0.790 bits per heavy atom. The maximum atomic E-state index is 12.8. The van der Waals surface area contributed by atoms with Gasteiger partial charge in [-0.15, -0.1) is 0 Å². The number of hydrogen-bond acceptors (Lipinski definition) is 6. The van der Waals surface area contributed by atoms with E-state index in [1.54, 1.807) is 0 Å². The lowest BCUT2D eigenvalue weighted by atomic mass is 10.0. The molecular weight excluding hydrogens is 769 g/mol. The Labute approximate surface area is 387 Å². The van der Waals surface area contributed by atoms with Crippen LogP contribution < -0.4 is 0 Å². The molecule has 0 aromatic carbocycles. The molecule has 0 saturated heterocycles. The van der Waals surface area contributed by atoms with Gasteiger partial charge in [-0.1, -0.05) is 278 Å². The molecule has 0 unspecified atom stereocenters. The van der Waals surface area contributed by atoms with Crippen LogP contribution in [0.4, 0.5) is 0 Å². The van der Waals surface area contributed by atoms with E-state index in [2.05, 4.69) is 27.7 Å². The number of unbranched alkanes of at least 4 members (excludes halogenated alkanes) is 38. The summed E-state index contributed by atoms with van der Waals surface area (Å²) in [7, 11) is 0. The van der Waals surface area contributed by atoms with Crippen molar-refractivity contribution in [2.75, 3.05) is 13.2 Å². The van der Waals surface area contributed by atoms with Gasteiger partial charge in [-0.3, -0.25) is 14.4 Å². The first kappa shape index (κ1) is 60.4. The van der Waals surface area contributed by atoms with Crippen LogP contribution in [0.15, 0.2) is 0 Å². The van der Waals surface area contributed by atoms with Crippen molar-refractivity contribution in [3.8, 4) is 0 Å². The minimum Gasteiger partial charge on any atom is -0.462 e. The maximum Gasteiger partial charge on any atom is 0.306 e. The van der Waals surface area contributed by atoms with E-state index in [-0.39, 0.29) is 31.1 Å². The minimum absolute atomic E-state index is 0.0621. The van der Waals surface area contributed by atoms with Gasteiger partial charge in [-0.2, -0.15) is 0 Å². The highest BCUT2D eigenvalue weighted by atomic mass is 16.6. The van der Waals surface area contributed by atoms with Crippen molar-refractivity contribution in [1.29, 1.82) is 0 Å². The van der Waals surface area contributed by atoms with E-state index in [0.717, 1.165) is 63.7 Å². The molecule has 0 aromatic rings. The molecule has 1 atom stereocenters. The van der Waals surface area contributed by atoms with Gasteiger partial charge in [-0.25, -0.2) is 0 Å². The fourth-order valence-electron chi connectivity index (χ4n) is 8.57. The van der Waals surface area contributed by atoms with Gasteiger partial charge in [0, 0.05) is 19.3 Å². The Morgan fingerprint density at radius 2 is 0.532 bits per heavy atom. The van der Waals surface area contributed by atoms with Gasteiger partial charge in [0.05, 0.1) is 0 Å². The van der Waals surface area contributed by atoms with Crippen LogP contribution in [0.1, 0.15) is 317 Å². The summed E-state index contributed by atoms with van der Waals surface area (Å²) in [4.78, 5) is 38.0. The van der Waals surface area contributed by atoms with Crippen LogP contribution in [0.2, 0.25) is 0 Å². The van der Waals surface area contributed by atoms with E-state index in [4.69, 9.17) is 14.2 Å². The summed E-state index contributed by atoms with van der Waals surface area (Å²) in [5, 5.41) is 0. The molecule has 62 heavy (non-hydrogen) atoms. The maximum absolute atomic E-state index is 12.8. The van der Waals surface area contributed by atoms with Gasteiger partial charge in [0.15, 0.2) is 6.10 Å². The van der Waals surface area contributed by atoms with Gasteiger partial charge >= 0.3 is 17.9 Å². The Morgan fingerprint density at radius 1 is 0.306 bits per heavy atom. The number of hydrogen-bond donors (Lipinski definition) is 0. The summed E-state index contributed by atoms with van der Waals surface area (Å²) >= 11 is 0. The van der Waals surface area contributed by atoms with Crippen molar-refractivity contribution in [2.24, 2.45) is 5.92 Å². The first-order valence-electron chi connectivity index (χ1n) is 27.9. The minimum atomic E-state index is -0.760. The quantitative estimate of drug-likeness (QED) is 0.0344. The lowest BCUT2D eigenvalue weighted by molar-refractivity contribution is -0.167. The molecule has 0 fully saturated rings. The van der Waals surface area contributed by atoms with Gasteiger partial charge in [0.2, 0.25) is 0 Å². The van der Waals surface area contributed by atoms with E-state index in [9.17, 15) is 14.4 Å². The highest BCUT2D eigenvalue weighted by Crippen LogP contribution is 2.18. The summed E-state index contributed by atoms with van der Waals surface area (Å²) in [6.45, 7) is 9.05. The van der Waals surface area contributed by atoms with Crippen molar-refractivity contribution in [3.05, 3.63) is 0 Å². The molecule has 0 aromatic heterocycles. The zero-order chi connectivity index (χ0) is 45.2. The molecule has 0 aliphatic carbocycles. The predicted octanol–water partition coefficient (Wildman–Crippen LogP) is 18.2. The molecule has 0 spiro atoms. The molecule has 368 valence electrons. The third-order valence-electron chi connectivity index (χ3n) is 12.8. The van der Waals surface area contributed by atoms with Crippen LogP contribution in [0, 0.1) is 5.92 Å². The monoisotopic (exact) mass is 877 g/mol. The fourth-order valence-corrected chi connectivity index (χ4v) is 8.57. The normalized spacial score (nSPS) is 12.0. The van der Waals surface area contributed by atoms with Crippen molar-refractivity contribution in [1.82, 2.24) is 0 Å². The summed E-state index contributed by atoms with van der Waals surface area (Å²) in [5.41, 5.74) is 0. The summed E-state index contributed by atoms with van der Waals surface area (Å²) in [6.07, 6.45) is 53.8. The smallest absolute Gasteiger partial charge is 0.306 e. The Bertz CT molecular complexity index is 933.